The van der Waals surface area contributed by atoms with Crippen LogP contribution in [0.25, 0.3) is 5.57 Å². The van der Waals surface area contributed by atoms with Gasteiger partial charge in [0.05, 0.1) is 25.5 Å². The zero-order chi connectivity index (χ0) is 23.0. The molecule has 0 spiro atoms. The van der Waals surface area contributed by atoms with E-state index in [1.165, 1.54) is 12.0 Å². The second kappa shape index (κ2) is 8.69. The summed E-state index contributed by atoms with van der Waals surface area (Å²) in [6, 6.07) is 11.1. The van der Waals surface area contributed by atoms with Gasteiger partial charge < -0.3 is 14.4 Å². The van der Waals surface area contributed by atoms with Crippen molar-refractivity contribution in [2.45, 2.75) is 33.6 Å². The van der Waals surface area contributed by atoms with E-state index in [9.17, 15) is 9.59 Å². The van der Waals surface area contributed by atoms with Crippen LogP contribution >= 0.6 is 0 Å². The highest BCUT2D eigenvalue weighted by Gasteiger charge is 2.43. The van der Waals surface area contributed by atoms with Crippen molar-refractivity contribution in [3.8, 4) is 11.5 Å². The zero-order valence-corrected chi connectivity index (χ0v) is 19.4. The summed E-state index contributed by atoms with van der Waals surface area (Å²) in [5, 5.41) is 0. The maximum absolute atomic E-state index is 13.8. The van der Waals surface area contributed by atoms with E-state index >= 15 is 0 Å². The first-order valence-corrected chi connectivity index (χ1v) is 11.0. The quantitative estimate of drug-likeness (QED) is 0.656. The molecule has 2 aromatic rings. The lowest BCUT2D eigenvalue weighted by atomic mass is 9.95. The average Bonchev–Trinajstić information content (AvgIpc) is 3.04. The van der Waals surface area contributed by atoms with Crippen molar-refractivity contribution in [2.24, 2.45) is 5.92 Å². The summed E-state index contributed by atoms with van der Waals surface area (Å²) in [4.78, 5) is 30.9. The van der Waals surface area contributed by atoms with Crippen molar-refractivity contribution in [3.05, 3.63) is 58.8 Å². The third kappa shape index (κ3) is 3.74. The minimum Gasteiger partial charge on any atom is -0.493 e. The number of aryl methyl sites for hydroxylation is 2. The van der Waals surface area contributed by atoms with Gasteiger partial charge in [-0.3, -0.25) is 9.59 Å². The van der Waals surface area contributed by atoms with Crippen LogP contribution in [0.4, 0.5) is 5.69 Å². The van der Waals surface area contributed by atoms with Crippen molar-refractivity contribution >= 4 is 23.1 Å². The second-order valence-corrected chi connectivity index (χ2v) is 8.70. The molecule has 0 saturated carbocycles. The number of rotatable bonds is 5. The lowest BCUT2D eigenvalue weighted by Crippen LogP contribution is -2.38. The van der Waals surface area contributed by atoms with Crippen molar-refractivity contribution in [3.63, 3.8) is 0 Å². The smallest absolute Gasteiger partial charge is 0.282 e. The minimum absolute atomic E-state index is 0.285. The Bertz CT molecular complexity index is 1100. The van der Waals surface area contributed by atoms with E-state index in [-0.39, 0.29) is 11.8 Å². The number of hydrogen-bond acceptors (Lipinski definition) is 5. The molecule has 2 aromatic carbocycles. The molecule has 0 atom stereocenters. The molecular weight excluding hydrogens is 404 g/mol. The van der Waals surface area contributed by atoms with Crippen molar-refractivity contribution in [2.75, 3.05) is 32.2 Å². The normalized spacial score (nSPS) is 17.4. The number of nitrogens with zero attached hydrogens (tertiary/aromatic N) is 2. The molecular formula is C26H30N2O4. The molecule has 32 heavy (non-hydrogen) atoms. The molecule has 0 N–H and O–H groups in total. The summed E-state index contributed by atoms with van der Waals surface area (Å²) in [7, 11) is 3.09. The standard InChI is InChI=1S/C26H30N2O4/c1-16-10-12-27(13-11-16)24-23(20-8-6-17(2)14-18(20)3)25(29)28(26(24)30)19-7-9-21(31-4)22(15-19)32-5/h6-9,14-16H,10-13H2,1-5H3. The number of ether oxygens (including phenoxy) is 2. The van der Waals surface area contributed by atoms with Crippen LogP contribution in [0.15, 0.2) is 42.1 Å². The zero-order valence-electron chi connectivity index (χ0n) is 19.4. The monoisotopic (exact) mass is 434 g/mol. The van der Waals surface area contributed by atoms with Gasteiger partial charge in [0.15, 0.2) is 11.5 Å². The molecule has 4 rings (SSSR count). The SMILES string of the molecule is COc1ccc(N2C(=O)C(c3ccc(C)cc3C)=C(N3CCC(C)CC3)C2=O)cc1OC. The Labute approximate surface area is 189 Å². The van der Waals surface area contributed by atoms with Gasteiger partial charge in [-0.2, -0.15) is 0 Å². The van der Waals surface area contributed by atoms with Gasteiger partial charge in [0.1, 0.15) is 5.70 Å². The molecule has 6 nitrogen and oxygen atoms in total. The fourth-order valence-corrected chi connectivity index (χ4v) is 4.58. The molecule has 0 bridgehead atoms. The van der Waals surface area contributed by atoms with Gasteiger partial charge in [0.25, 0.3) is 11.8 Å². The number of benzene rings is 2. The Balaban J connectivity index is 1.83. The molecule has 2 amide bonds. The number of imide groups is 1. The Morgan fingerprint density at radius 2 is 1.56 bits per heavy atom. The highest BCUT2D eigenvalue weighted by molar-refractivity contribution is 6.45. The van der Waals surface area contributed by atoms with E-state index in [1.54, 1.807) is 25.3 Å². The lowest BCUT2D eigenvalue weighted by Gasteiger charge is -2.32. The summed E-state index contributed by atoms with van der Waals surface area (Å²) < 4.78 is 10.7. The summed E-state index contributed by atoms with van der Waals surface area (Å²) >= 11 is 0. The van der Waals surface area contributed by atoms with E-state index in [1.807, 2.05) is 26.0 Å². The fourth-order valence-electron chi connectivity index (χ4n) is 4.58. The van der Waals surface area contributed by atoms with Crippen molar-refractivity contribution in [1.29, 1.82) is 0 Å². The van der Waals surface area contributed by atoms with E-state index in [0.717, 1.165) is 42.6 Å². The molecule has 0 aliphatic carbocycles. The number of carbonyl (C=O) groups excluding carboxylic acids is 2. The molecule has 2 aliphatic rings. The van der Waals surface area contributed by atoms with E-state index < -0.39 is 0 Å². The van der Waals surface area contributed by atoms with Crippen molar-refractivity contribution in [1.82, 2.24) is 4.90 Å². The van der Waals surface area contributed by atoms with Gasteiger partial charge in [0, 0.05) is 19.2 Å². The number of methoxy groups -OCH3 is 2. The first-order chi connectivity index (χ1) is 15.3. The first kappa shape index (κ1) is 21.9. The summed E-state index contributed by atoms with van der Waals surface area (Å²) in [5.74, 6) is 1.04. The lowest BCUT2D eigenvalue weighted by molar-refractivity contribution is -0.120. The van der Waals surface area contributed by atoms with Gasteiger partial charge in [0.2, 0.25) is 0 Å². The molecule has 0 aromatic heterocycles. The van der Waals surface area contributed by atoms with Crippen LogP contribution in [0, 0.1) is 19.8 Å². The van der Waals surface area contributed by atoms with Gasteiger partial charge in [-0.05, 0) is 55.9 Å². The molecule has 0 unspecified atom stereocenters. The van der Waals surface area contributed by atoms with Gasteiger partial charge >= 0.3 is 0 Å². The van der Waals surface area contributed by atoms with Crippen LogP contribution in [0.5, 0.6) is 11.5 Å². The Morgan fingerprint density at radius 1 is 0.875 bits per heavy atom. The van der Waals surface area contributed by atoms with Crippen LogP contribution in [0.1, 0.15) is 36.5 Å². The maximum atomic E-state index is 13.8. The summed E-state index contributed by atoms with van der Waals surface area (Å²) in [5.41, 5.74) is 4.37. The second-order valence-electron chi connectivity index (χ2n) is 8.70. The maximum Gasteiger partial charge on any atom is 0.282 e. The van der Waals surface area contributed by atoms with Crippen LogP contribution in [-0.2, 0) is 9.59 Å². The molecule has 2 heterocycles. The van der Waals surface area contributed by atoms with Gasteiger partial charge in [-0.1, -0.05) is 30.7 Å². The summed E-state index contributed by atoms with van der Waals surface area (Å²) in [6.45, 7) is 7.78. The van der Waals surface area contributed by atoms with E-state index in [0.29, 0.717) is 34.4 Å². The van der Waals surface area contributed by atoms with E-state index in [4.69, 9.17) is 9.47 Å². The van der Waals surface area contributed by atoms with Crippen LogP contribution < -0.4 is 14.4 Å². The largest absolute Gasteiger partial charge is 0.493 e. The Kier molecular flexibility index (Phi) is 5.96. The van der Waals surface area contributed by atoms with Crippen LogP contribution in [-0.4, -0.2) is 44.0 Å². The average molecular weight is 435 g/mol. The van der Waals surface area contributed by atoms with Crippen LogP contribution in [0.3, 0.4) is 0 Å². The molecule has 2 aliphatic heterocycles. The number of amides is 2. The Morgan fingerprint density at radius 3 is 2.19 bits per heavy atom. The fraction of sp³-hybridized carbons (Fsp3) is 0.385. The molecule has 6 heteroatoms. The highest BCUT2D eigenvalue weighted by Crippen LogP contribution is 2.40. The first-order valence-electron chi connectivity index (χ1n) is 11.0. The number of hydrogen-bond donors (Lipinski definition) is 0. The number of likely N-dealkylation sites (tertiary alicyclic amines) is 1. The molecule has 1 saturated heterocycles. The molecule has 0 radical (unpaired) electrons. The number of carbonyl (C=O) groups is 2. The topological polar surface area (TPSA) is 59.1 Å². The predicted octanol–water partition coefficient (Wildman–Crippen LogP) is 4.34. The molecule has 1 fully saturated rings. The highest BCUT2D eigenvalue weighted by atomic mass is 16.5. The van der Waals surface area contributed by atoms with Gasteiger partial charge in [-0.25, -0.2) is 4.90 Å². The number of anilines is 1. The predicted molar refractivity (Wildman–Crippen MR) is 125 cm³/mol. The Hall–Kier alpha value is -3.28. The van der Waals surface area contributed by atoms with Gasteiger partial charge in [-0.15, -0.1) is 0 Å². The van der Waals surface area contributed by atoms with Crippen molar-refractivity contribution < 1.29 is 19.1 Å². The van der Waals surface area contributed by atoms with E-state index in [2.05, 4.69) is 17.9 Å². The minimum atomic E-state index is -0.303. The third-order valence-electron chi connectivity index (χ3n) is 6.44. The summed E-state index contributed by atoms with van der Waals surface area (Å²) in [6.07, 6.45) is 2.00. The molecule has 168 valence electrons. The third-order valence-corrected chi connectivity index (χ3v) is 6.44. The number of piperidine rings is 1. The van der Waals surface area contributed by atoms with Crippen LogP contribution in [0.2, 0.25) is 0 Å².